The van der Waals surface area contributed by atoms with Gasteiger partial charge >= 0.3 is 6.09 Å². The standard InChI is InChI=1S/C21H25ClN6O3.C21H24ClN5O5/c1-5-20(29)28-10-14(9-27(3)4)31-18(11-28)13-6-16(26-19(22)7-13)15-8-17(21(30)23-2)25-12-24-15;1-21(2,3)32-20(30)27-8-13(10-28)31-17(9-27)12-5-15(26-18(22)6-12)14-7-16(19(29)23-4)25-11-24-14/h5-8,12,14,18H,1,9-11H2,2-4H3,(H,23,30);5-7,10-11,13,17H,8-9H2,1-4H3,(H,23,29)/t14-,18+;13-,17-/m10/s1. The third-order valence-electron chi connectivity index (χ3n) is 9.31. The van der Waals surface area contributed by atoms with Gasteiger partial charge in [0.1, 0.15) is 58.3 Å². The molecule has 19 nitrogen and oxygen atoms in total. The minimum absolute atomic E-state index is 0.0853. The number of hydrogen-bond donors (Lipinski definition) is 2. The summed E-state index contributed by atoms with van der Waals surface area (Å²) in [5.41, 5.74) is 2.79. The fourth-order valence-electron chi connectivity index (χ4n) is 6.53. The number of carbonyl (C=O) groups is 5. The summed E-state index contributed by atoms with van der Waals surface area (Å²) in [4.78, 5) is 90.3. The molecule has 0 spiro atoms. The van der Waals surface area contributed by atoms with E-state index < -0.39 is 30.0 Å². The summed E-state index contributed by atoms with van der Waals surface area (Å²) >= 11 is 12.5. The molecule has 21 heteroatoms. The van der Waals surface area contributed by atoms with Crippen molar-refractivity contribution in [3.63, 3.8) is 0 Å². The third-order valence-corrected chi connectivity index (χ3v) is 9.69. The molecule has 0 bridgehead atoms. The van der Waals surface area contributed by atoms with Crippen LogP contribution in [-0.2, 0) is 23.8 Å². The van der Waals surface area contributed by atoms with Crippen molar-refractivity contribution in [1.29, 1.82) is 0 Å². The average Bonchev–Trinajstić information content (AvgIpc) is 3.26. The zero-order valence-corrected chi connectivity index (χ0v) is 37.4. The second-order valence-electron chi connectivity index (χ2n) is 15.6. The Morgan fingerprint density at radius 3 is 1.75 bits per heavy atom. The number of halogens is 2. The Bertz CT molecular complexity index is 2330. The predicted molar refractivity (Wildman–Crippen MR) is 232 cm³/mol. The van der Waals surface area contributed by atoms with Gasteiger partial charge in [0.05, 0.1) is 48.5 Å². The van der Waals surface area contributed by atoms with Gasteiger partial charge in [-0.25, -0.2) is 34.7 Å². The Balaban J connectivity index is 0.000000238. The smallest absolute Gasteiger partial charge is 0.410 e. The quantitative estimate of drug-likeness (QED) is 0.130. The molecule has 2 N–H and O–H groups in total. The van der Waals surface area contributed by atoms with Crippen molar-refractivity contribution in [3.8, 4) is 22.8 Å². The van der Waals surface area contributed by atoms with E-state index in [9.17, 15) is 24.0 Å². The zero-order valence-electron chi connectivity index (χ0n) is 35.9. The molecule has 4 aromatic rings. The molecule has 4 aromatic heterocycles. The summed E-state index contributed by atoms with van der Waals surface area (Å²) in [7, 11) is 6.93. The first-order chi connectivity index (χ1) is 29.9. The van der Waals surface area contributed by atoms with Gasteiger partial charge in [-0.15, -0.1) is 0 Å². The minimum Gasteiger partial charge on any atom is -0.444 e. The lowest BCUT2D eigenvalue weighted by Gasteiger charge is -2.39. The zero-order chi connectivity index (χ0) is 46.0. The Morgan fingerprint density at radius 2 is 1.29 bits per heavy atom. The maximum absolute atomic E-state index is 12.6. The van der Waals surface area contributed by atoms with Crippen molar-refractivity contribution in [2.75, 3.05) is 60.9 Å². The van der Waals surface area contributed by atoms with Crippen LogP contribution in [0.5, 0.6) is 0 Å². The van der Waals surface area contributed by atoms with Gasteiger partial charge in [0.2, 0.25) is 5.91 Å². The van der Waals surface area contributed by atoms with E-state index in [1.54, 1.807) is 56.0 Å². The minimum atomic E-state index is -0.824. The molecule has 2 saturated heterocycles. The lowest BCUT2D eigenvalue weighted by molar-refractivity contribution is -0.142. The molecule has 0 radical (unpaired) electrons. The van der Waals surface area contributed by atoms with E-state index in [1.807, 2.05) is 19.0 Å². The van der Waals surface area contributed by atoms with Crippen molar-refractivity contribution in [1.82, 2.24) is 55.2 Å². The molecule has 4 atom stereocenters. The molecule has 2 aliphatic rings. The Labute approximate surface area is 374 Å². The maximum atomic E-state index is 12.6. The van der Waals surface area contributed by atoms with Crippen LogP contribution in [0.25, 0.3) is 22.8 Å². The third kappa shape index (κ3) is 13.3. The Hall–Kier alpha value is -5.99. The van der Waals surface area contributed by atoms with Crippen LogP contribution in [0.15, 0.2) is 61.7 Å². The number of aldehydes is 1. The summed E-state index contributed by atoms with van der Waals surface area (Å²) in [6.45, 7) is 10.6. The van der Waals surface area contributed by atoms with Crippen LogP contribution in [0.3, 0.4) is 0 Å². The largest absolute Gasteiger partial charge is 0.444 e. The highest BCUT2D eigenvalue weighted by molar-refractivity contribution is 6.29. The van der Waals surface area contributed by atoms with Crippen LogP contribution in [0.1, 0.15) is 65.1 Å². The number of morpholine rings is 2. The number of pyridine rings is 2. The van der Waals surface area contributed by atoms with Crippen molar-refractivity contribution in [2.45, 2.75) is 50.8 Å². The Kier molecular flexibility index (Phi) is 16.3. The van der Waals surface area contributed by atoms with Gasteiger partial charge < -0.3 is 44.3 Å². The van der Waals surface area contributed by atoms with Gasteiger partial charge in [0.15, 0.2) is 6.29 Å². The fraction of sp³-hybridized carbons (Fsp3) is 0.405. The molecule has 0 aromatic carbocycles. The van der Waals surface area contributed by atoms with Crippen LogP contribution < -0.4 is 10.6 Å². The number of aromatic nitrogens is 6. The summed E-state index contributed by atoms with van der Waals surface area (Å²) in [5.74, 6) is -0.844. The van der Waals surface area contributed by atoms with Crippen molar-refractivity contribution >= 4 is 53.3 Å². The van der Waals surface area contributed by atoms with E-state index in [1.165, 1.54) is 43.8 Å². The maximum Gasteiger partial charge on any atom is 0.410 e. The molecule has 2 aliphatic heterocycles. The van der Waals surface area contributed by atoms with E-state index >= 15 is 0 Å². The highest BCUT2D eigenvalue weighted by Gasteiger charge is 2.35. The monoisotopic (exact) mass is 905 g/mol. The van der Waals surface area contributed by atoms with E-state index in [2.05, 4.69) is 47.1 Å². The van der Waals surface area contributed by atoms with Gasteiger partial charge in [0, 0.05) is 27.2 Å². The predicted octanol–water partition coefficient (Wildman–Crippen LogP) is 4.00. The summed E-state index contributed by atoms with van der Waals surface area (Å²) in [6, 6.07) is 9.84. The molecule has 0 saturated carbocycles. The number of rotatable bonds is 10. The lowest BCUT2D eigenvalue weighted by atomic mass is 10.0. The molecule has 334 valence electrons. The highest BCUT2D eigenvalue weighted by atomic mass is 35.5. The number of ether oxygens (including phenoxy) is 3. The van der Waals surface area contributed by atoms with Gasteiger partial charge in [0.25, 0.3) is 11.8 Å². The van der Waals surface area contributed by atoms with E-state index in [0.29, 0.717) is 54.3 Å². The second kappa shape index (κ2) is 21.4. The fourth-order valence-corrected chi connectivity index (χ4v) is 6.96. The summed E-state index contributed by atoms with van der Waals surface area (Å²) in [6.07, 6.45) is 1.93. The van der Waals surface area contributed by atoms with Crippen molar-refractivity contribution < 1.29 is 38.2 Å². The van der Waals surface area contributed by atoms with Crippen LogP contribution in [0, 0.1) is 0 Å². The molecular formula is C42H49Cl2N11O8. The van der Waals surface area contributed by atoms with Crippen LogP contribution in [0.2, 0.25) is 10.3 Å². The van der Waals surface area contributed by atoms with Crippen LogP contribution in [-0.4, -0.2) is 153 Å². The number of carbonyl (C=O) groups excluding carboxylic acids is 5. The molecule has 0 aliphatic carbocycles. The number of nitrogens with one attached hydrogen (secondary N) is 2. The first kappa shape index (κ1) is 48.0. The molecular weight excluding hydrogens is 857 g/mol. The van der Waals surface area contributed by atoms with Gasteiger partial charge in [-0.05, 0) is 88.5 Å². The van der Waals surface area contributed by atoms with Crippen molar-refractivity contribution in [3.05, 3.63) is 94.5 Å². The van der Waals surface area contributed by atoms with Gasteiger partial charge in [-0.3, -0.25) is 14.4 Å². The average molecular weight is 907 g/mol. The Morgan fingerprint density at radius 1 is 0.778 bits per heavy atom. The summed E-state index contributed by atoms with van der Waals surface area (Å²) < 4.78 is 17.6. The van der Waals surface area contributed by atoms with E-state index in [0.717, 1.165) is 5.56 Å². The first-order valence-corrected chi connectivity index (χ1v) is 20.4. The molecule has 6 rings (SSSR count). The van der Waals surface area contributed by atoms with Crippen molar-refractivity contribution in [2.24, 2.45) is 0 Å². The van der Waals surface area contributed by atoms with Gasteiger partial charge in [-0.1, -0.05) is 29.8 Å². The topological polar surface area (TPSA) is 224 Å². The number of likely N-dealkylation sites (N-methyl/N-ethyl adjacent to an activating group) is 1. The number of amides is 4. The second-order valence-corrected chi connectivity index (χ2v) is 16.4. The summed E-state index contributed by atoms with van der Waals surface area (Å²) in [5, 5.41) is 5.45. The molecule has 63 heavy (non-hydrogen) atoms. The van der Waals surface area contributed by atoms with Crippen LogP contribution >= 0.6 is 23.2 Å². The highest BCUT2D eigenvalue weighted by Crippen LogP contribution is 2.32. The van der Waals surface area contributed by atoms with Gasteiger partial charge in [-0.2, -0.15) is 0 Å². The first-order valence-electron chi connectivity index (χ1n) is 19.6. The molecule has 0 unspecified atom stereocenters. The normalized spacial score (nSPS) is 18.7. The van der Waals surface area contributed by atoms with Crippen LogP contribution in [0.4, 0.5) is 4.79 Å². The molecule has 4 amide bonds. The number of hydrogen-bond acceptors (Lipinski definition) is 15. The molecule has 6 heterocycles. The van der Waals surface area contributed by atoms with E-state index in [-0.39, 0.29) is 58.6 Å². The SMILES string of the molecule is C=CC(=O)N1C[C@@H](CN(C)C)O[C@H](c2cc(Cl)nc(-c3cc(C(=O)NC)ncn3)c2)C1.CNC(=O)c1cc(-c2cc([C@@H]3CN(C(=O)OC(C)(C)C)C[C@@H](C=O)O3)cc(Cl)n2)ncn1. The van der Waals surface area contributed by atoms with E-state index in [4.69, 9.17) is 37.4 Å². The molecule has 2 fully saturated rings. The lowest BCUT2D eigenvalue weighted by Crippen LogP contribution is -2.49. The number of nitrogens with zero attached hydrogens (tertiary/aromatic N) is 9.